The highest BCUT2D eigenvalue weighted by molar-refractivity contribution is 5.61. The van der Waals surface area contributed by atoms with E-state index in [0.29, 0.717) is 0 Å². The lowest BCUT2D eigenvalue weighted by atomic mass is 10.1. The number of hydrogen-bond donors (Lipinski definition) is 0. The summed E-state index contributed by atoms with van der Waals surface area (Å²) in [5.41, 5.74) is 1.87. The molecule has 0 N–H and O–H groups in total. The number of hydrogen-bond acceptors (Lipinski definition) is 1. The summed E-state index contributed by atoms with van der Waals surface area (Å²) in [7, 11) is 1.82. The molecule has 0 radical (unpaired) electrons. The summed E-state index contributed by atoms with van der Waals surface area (Å²) in [4.78, 5) is 0. The molecule has 0 saturated heterocycles. The Hall–Kier alpha value is -1.71. The zero-order chi connectivity index (χ0) is 10.8. The van der Waals surface area contributed by atoms with Crippen molar-refractivity contribution in [2.45, 2.75) is 6.43 Å². The van der Waals surface area contributed by atoms with Gasteiger partial charge in [-0.3, -0.25) is 4.68 Å². The Morgan fingerprint density at radius 1 is 1.13 bits per heavy atom. The summed E-state index contributed by atoms with van der Waals surface area (Å²) in [6.07, 6.45) is 1.14. The second-order valence-electron chi connectivity index (χ2n) is 3.33. The highest BCUT2D eigenvalue weighted by atomic mass is 19.3. The van der Waals surface area contributed by atoms with Crippen molar-refractivity contribution in [2.24, 2.45) is 7.05 Å². The molecule has 0 spiro atoms. The first-order valence-electron chi connectivity index (χ1n) is 4.54. The average molecular weight is 208 g/mol. The molecule has 2 nitrogen and oxygen atoms in total. The third kappa shape index (κ3) is 2.03. The predicted octanol–water partition coefficient (Wildman–Crippen LogP) is 3.02. The Kier molecular flexibility index (Phi) is 2.49. The van der Waals surface area contributed by atoms with Gasteiger partial charge >= 0.3 is 0 Å². The van der Waals surface area contributed by atoms with E-state index in [1.165, 1.54) is 12.1 Å². The molecule has 0 aliphatic carbocycles. The lowest BCUT2D eigenvalue weighted by Gasteiger charge is -2.00. The van der Waals surface area contributed by atoms with Crippen LogP contribution in [0.1, 0.15) is 12.0 Å². The molecule has 0 aliphatic rings. The number of benzene rings is 1. The van der Waals surface area contributed by atoms with Crippen LogP contribution in [0.25, 0.3) is 11.1 Å². The van der Waals surface area contributed by atoms with Crippen LogP contribution in [0.2, 0.25) is 0 Å². The molecule has 0 aliphatic heterocycles. The number of aryl methyl sites for hydroxylation is 1. The van der Waals surface area contributed by atoms with Gasteiger partial charge in [-0.05, 0) is 5.56 Å². The summed E-state index contributed by atoms with van der Waals surface area (Å²) in [5, 5.41) is 4.02. The van der Waals surface area contributed by atoms with Crippen molar-refractivity contribution in [3.8, 4) is 11.1 Å². The Labute approximate surface area is 86.2 Å². The van der Waals surface area contributed by atoms with Crippen molar-refractivity contribution in [2.75, 3.05) is 0 Å². The molecule has 1 aromatic heterocycles. The zero-order valence-electron chi connectivity index (χ0n) is 8.19. The fourth-order valence-corrected chi connectivity index (χ4v) is 1.39. The van der Waals surface area contributed by atoms with Gasteiger partial charge in [0.15, 0.2) is 0 Å². The average Bonchev–Trinajstić information content (AvgIpc) is 2.65. The van der Waals surface area contributed by atoms with E-state index in [2.05, 4.69) is 5.10 Å². The number of alkyl halides is 2. The summed E-state index contributed by atoms with van der Waals surface area (Å²) in [6.45, 7) is 0. The lowest BCUT2D eigenvalue weighted by molar-refractivity contribution is 0.151. The van der Waals surface area contributed by atoms with Gasteiger partial charge in [-0.2, -0.15) is 5.10 Å². The van der Waals surface area contributed by atoms with Gasteiger partial charge in [0.25, 0.3) is 6.43 Å². The van der Waals surface area contributed by atoms with Crippen LogP contribution in [0.4, 0.5) is 8.78 Å². The van der Waals surface area contributed by atoms with E-state index < -0.39 is 6.43 Å². The van der Waals surface area contributed by atoms with Crippen LogP contribution in [0.3, 0.4) is 0 Å². The van der Waals surface area contributed by atoms with Crippen molar-refractivity contribution in [1.82, 2.24) is 9.78 Å². The fraction of sp³-hybridized carbons (Fsp3) is 0.182. The Morgan fingerprint density at radius 3 is 2.27 bits per heavy atom. The standard InChI is InChI=1S/C11H10F2N2/c1-15-7-10(6-14-15)8-2-4-9(5-3-8)11(12)13/h2-7,11H,1H3. The fourth-order valence-electron chi connectivity index (χ4n) is 1.39. The normalized spacial score (nSPS) is 10.9. The topological polar surface area (TPSA) is 17.8 Å². The summed E-state index contributed by atoms with van der Waals surface area (Å²) in [5.74, 6) is 0. The van der Waals surface area contributed by atoms with Gasteiger partial charge in [-0.1, -0.05) is 24.3 Å². The van der Waals surface area contributed by atoms with Gasteiger partial charge in [0, 0.05) is 24.4 Å². The van der Waals surface area contributed by atoms with Crippen LogP contribution < -0.4 is 0 Å². The highest BCUT2D eigenvalue weighted by Crippen LogP contribution is 2.23. The second-order valence-corrected chi connectivity index (χ2v) is 3.33. The first-order valence-corrected chi connectivity index (χ1v) is 4.54. The largest absolute Gasteiger partial charge is 0.275 e. The van der Waals surface area contributed by atoms with E-state index in [1.54, 1.807) is 23.0 Å². The van der Waals surface area contributed by atoms with Crippen LogP contribution in [0, 0.1) is 0 Å². The molecule has 0 bridgehead atoms. The van der Waals surface area contributed by atoms with Crippen molar-refractivity contribution in [3.63, 3.8) is 0 Å². The third-order valence-electron chi connectivity index (χ3n) is 2.20. The van der Waals surface area contributed by atoms with E-state index in [-0.39, 0.29) is 5.56 Å². The molecular weight excluding hydrogens is 198 g/mol. The van der Waals surface area contributed by atoms with Crippen LogP contribution in [-0.2, 0) is 7.05 Å². The van der Waals surface area contributed by atoms with Gasteiger partial charge in [-0.25, -0.2) is 8.78 Å². The van der Waals surface area contributed by atoms with Crippen molar-refractivity contribution < 1.29 is 8.78 Å². The van der Waals surface area contributed by atoms with Gasteiger partial charge in [0.1, 0.15) is 0 Å². The SMILES string of the molecule is Cn1cc(-c2ccc(C(F)F)cc2)cn1. The molecule has 0 unspecified atom stereocenters. The van der Waals surface area contributed by atoms with Crippen LogP contribution in [0.15, 0.2) is 36.7 Å². The van der Waals surface area contributed by atoms with Crippen molar-refractivity contribution >= 4 is 0 Å². The first-order chi connectivity index (χ1) is 7.16. The number of aromatic nitrogens is 2. The highest BCUT2D eigenvalue weighted by Gasteiger charge is 2.06. The first kappa shape index (κ1) is 9.83. The minimum atomic E-state index is -2.41. The molecule has 4 heteroatoms. The molecule has 78 valence electrons. The van der Waals surface area contributed by atoms with Crippen molar-refractivity contribution in [3.05, 3.63) is 42.2 Å². The maximum atomic E-state index is 12.3. The predicted molar refractivity (Wildman–Crippen MR) is 53.6 cm³/mol. The minimum absolute atomic E-state index is 0.0441. The molecule has 15 heavy (non-hydrogen) atoms. The summed E-state index contributed by atoms with van der Waals surface area (Å²) < 4.78 is 26.3. The molecular formula is C11H10F2N2. The maximum absolute atomic E-state index is 12.3. The monoisotopic (exact) mass is 208 g/mol. The van der Waals surface area contributed by atoms with Gasteiger partial charge in [-0.15, -0.1) is 0 Å². The Balaban J connectivity index is 2.31. The molecule has 1 heterocycles. The molecule has 1 aromatic carbocycles. The van der Waals surface area contributed by atoms with E-state index in [0.717, 1.165) is 11.1 Å². The van der Waals surface area contributed by atoms with Gasteiger partial charge < -0.3 is 0 Å². The minimum Gasteiger partial charge on any atom is -0.275 e. The molecule has 2 rings (SSSR count). The number of rotatable bonds is 2. The van der Waals surface area contributed by atoms with Crippen LogP contribution in [0.5, 0.6) is 0 Å². The molecule has 0 atom stereocenters. The Morgan fingerprint density at radius 2 is 1.80 bits per heavy atom. The maximum Gasteiger partial charge on any atom is 0.263 e. The van der Waals surface area contributed by atoms with Crippen LogP contribution in [-0.4, -0.2) is 9.78 Å². The van der Waals surface area contributed by atoms with Crippen molar-refractivity contribution in [1.29, 1.82) is 0 Å². The quantitative estimate of drug-likeness (QED) is 0.741. The molecule has 0 saturated carbocycles. The van der Waals surface area contributed by atoms with E-state index >= 15 is 0 Å². The Bertz CT molecular complexity index is 446. The van der Waals surface area contributed by atoms with E-state index in [1.807, 2.05) is 13.2 Å². The van der Waals surface area contributed by atoms with Gasteiger partial charge in [0.05, 0.1) is 6.20 Å². The molecule has 0 fully saturated rings. The van der Waals surface area contributed by atoms with E-state index in [9.17, 15) is 8.78 Å². The van der Waals surface area contributed by atoms with Gasteiger partial charge in [0.2, 0.25) is 0 Å². The van der Waals surface area contributed by atoms with E-state index in [4.69, 9.17) is 0 Å². The number of nitrogens with zero attached hydrogens (tertiary/aromatic N) is 2. The second kappa shape index (κ2) is 3.81. The third-order valence-corrected chi connectivity index (χ3v) is 2.20. The number of halogens is 2. The zero-order valence-corrected chi connectivity index (χ0v) is 8.19. The summed E-state index contributed by atoms with van der Waals surface area (Å²) in [6, 6.07) is 6.23. The lowest BCUT2D eigenvalue weighted by Crippen LogP contribution is -1.84. The van der Waals surface area contributed by atoms with Crippen LogP contribution >= 0.6 is 0 Å². The smallest absolute Gasteiger partial charge is 0.263 e. The molecule has 0 amide bonds. The summed E-state index contributed by atoms with van der Waals surface area (Å²) >= 11 is 0. The molecule has 2 aromatic rings.